The zero-order valence-corrected chi connectivity index (χ0v) is 10.5. The molecule has 0 bridgehead atoms. The van der Waals surface area contributed by atoms with Crippen molar-refractivity contribution in [3.8, 4) is 0 Å². The van der Waals surface area contributed by atoms with Crippen LogP contribution in [0.1, 0.15) is 40.2 Å². The molecule has 0 unspecified atom stereocenters. The zero-order chi connectivity index (χ0) is 11.7. The van der Waals surface area contributed by atoms with E-state index in [-0.39, 0.29) is 0 Å². The van der Waals surface area contributed by atoms with E-state index in [2.05, 4.69) is 22.4 Å². The van der Waals surface area contributed by atoms with Gasteiger partial charge in [-0.15, -0.1) is 0 Å². The number of nitrogens with zero attached hydrogens (tertiary/aromatic N) is 1. The van der Waals surface area contributed by atoms with Gasteiger partial charge in [0.25, 0.3) is 0 Å². The van der Waals surface area contributed by atoms with E-state index in [9.17, 15) is 0 Å². The van der Waals surface area contributed by atoms with Crippen molar-refractivity contribution >= 4 is 11.5 Å². The molecule has 0 spiro atoms. The Morgan fingerprint density at radius 1 is 1.07 bits per heavy atom. The monoisotopic (exact) mass is 206 g/mol. The number of aliphatic imine (C=N–C) groups is 1. The van der Waals surface area contributed by atoms with Gasteiger partial charge < -0.3 is 5.32 Å². The van der Waals surface area contributed by atoms with Gasteiger partial charge in [-0.2, -0.15) is 0 Å². The Hall–Kier alpha value is -1.31. The summed E-state index contributed by atoms with van der Waals surface area (Å²) in [7, 11) is 0. The number of amidine groups is 1. The van der Waals surface area contributed by atoms with Crippen molar-refractivity contribution in [2.45, 2.75) is 41.2 Å². The number of para-hydroxylation sites is 1. The Labute approximate surface area is 93.4 Å². The fraction of sp³-hybridized carbons (Fsp3) is 0.462. The fourth-order valence-corrected chi connectivity index (χ4v) is 1.22. The summed E-state index contributed by atoms with van der Waals surface area (Å²) in [5.41, 5.74) is 2.47. The molecule has 0 atom stereocenters. The second-order valence-corrected chi connectivity index (χ2v) is 2.68. The van der Waals surface area contributed by atoms with Crippen LogP contribution < -0.4 is 5.32 Å². The van der Waals surface area contributed by atoms with Crippen molar-refractivity contribution in [1.29, 1.82) is 0 Å². The van der Waals surface area contributed by atoms with Crippen LogP contribution in [0.25, 0.3) is 0 Å². The number of rotatable bonds is 0. The van der Waals surface area contributed by atoms with Crippen LogP contribution in [-0.2, 0) is 6.54 Å². The normalized spacial score (nSPS) is 11.7. The maximum atomic E-state index is 4.28. The lowest BCUT2D eigenvalue weighted by atomic mass is 10.1. The average molecular weight is 206 g/mol. The van der Waals surface area contributed by atoms with E-state index in [1.807, 2.05) is 46.8 Å². The summed E-state index contributed by atoms with van der Waals surface area (Å²) in [5, 5.41) is 3.21. The first kappa shape index (κ1) is 13.7. The Balaban J connectivity index is 0.000000442. The lowest BCUT2D eigenvalue weighted by Gasteiger charge is -2.15. The van der Waals surface area contributed by atoms with Gasteiger partial charge in [0.2, 0.25) is 0 Å². The quantitative estimate of drug-likeness (QED) is 0.679. The summed E-state index contributed by atoms with van der Waals surface area (Å²) in [6.45, 7) is 10.8. The van der Waals surface area contributed by atoms with Gasteiger partial charge in [-0.05, 0) is 18.6 Å². The molecule has 0 radical (unpaired) electrons. The molecule has 0 saturated carbocycles. The molecule has 1 aromatic carbocycles. The number of benzene rings is 1. The second-order valence-electron chi connectivity index (χ2n) is 2.68. The summed E-state index contributed by atoms with van der Waals surface area (Å²) in [5.74, 6) is 1.00. The molecule has 1 aliphatic rings. The maximum absolute atomic E-state index is 4.28. The van der Waals surface area contributed by atoms with Crippen LogP contribution in [-0.4, -0.2) is 5.84 Å². The summed E-state index contributed by atoms with van der Waals surface area (Å²) in [4.78, 5) is 4.28. The van der Waals surface area contributed by atoms with Crippen molar-refractivity contribution in [1.82, 2.24) is 0 Å². The number of hydrogen-bond donors (Lipinski definition) is 1. The van der Waals surface area contributed by atoms with Gasteiger partial charge in [0.1, 0.15) is 0 Å². The van der Waals surface area contributed by atoms with Crippen molar-refractivity contribution in [3.05, 3.63) is 29.8 Å². The second kappa shape index (κ2) is 8.04. The Morgan fingerprint density at radius 2 is 1.67 bits per heavy atom. The van der Waals surface area contributed by atoms with Gasteiger partial charge in [0, 0.05) is 5.69 Å². The number of fused-ring (bicyclic) bond motifs is 1. The van der Waals surface area contributed by atoms with Gasteiger partial charge in [-0.1, -0.05) is 45.9 Å². The summed E-state index contributed by atoms with van der Waals surface area (Å²) in [6.07, 6.45) is 0. The summed E-state index contributed by atoms with van der Waals surface area (Å²) < 4.78 is 0. The predicted molar refractivity (Wildman–Crippen MR) is 69.6 cm³/mol. The molecule has 84 valence electrons. The van der Waals surface area contributed by atoms with Crippen LogP contribution in [0.2, 0.25) is 0 Å². The lowest BCUT2D eigenvalue weighted by molar-refractivity contribution is 1.04. The van der Waals surface area contributed by atoms with Gasteiger partial charge in [-0.25, -0.2) is 0 Å². The van der Waals surface area contributed by atoms with Crippen LogP contribution in [0.15, 0.2) is 29.3 Å². The fourth-order valence-electron chi connectivity index (χ4n) is 1.22. The molecule has 2 heteroatoms. The minimum Gasteiger partial charge on any atom is -0.344 e. The molecular formula is C13H22N2. The Morgan fingerprint density at radius 3 is 2.33 bits per heavy atom. The SMILES string of the molecule is CC.CC.CC1=NCc2ccccc2N1. The van der Waals surface area contributed by atoms with Crippen LogP contribution in [0.5, 0.6) is 0 Å². The van der Waals surface area contributed by atoms with Crippen LogP contribution >= 0.6 is 0 Å². The van der Waals surface area contributed by atoms with E-state index in [4.69, 9.17) is 0 Å². The third kappa shape index (κ3) is 4.15. The molecule has 2 rings (SSSR count). The largest absolute Gasteiger partial charge is 0.344 e. The number of hydrogen-bond acceptors (Lipinski definition) is 2. The van der Waals surface area contributed by atoms with Crippen molar-refractivity contribution in [2.24, 2.45) is 4.99 Å². The molecule has 0 aliphatic carbocycles. The first-order valence-electron chi connectivity index (χ1n) is 5.72. The van der Waals surface area contributed by atoms with E-state index in [1.54, 1.807) is 0 Å². The highest BCUT2D eigenvalue weighted by Crippen LogP contribution is 2.19. The zero-order valence-electron chi connectivity index (χ0n) is 10.5. The van der Waals surface area contributed by atoms with Crippen molar-refractivity contribution < 1.29 is 0 Å². The van der Waals surface area contributed by atoms with E-state index in [0.29, 0.717) is 0 Å². The molecule has 1 aliphatic heterocycles. The molecular weight excluding hydrogens is 184 g/mol. The third-order valence-corrected chi connectivity index (χ3v) is 1.82. The highest BCUT2D eigenvalue weighted by molar-refractivity contribution is 5.95. The standard InChI is InChI=1S/C9H10N2.2C2H6/c1-7-10-6-8-4-2-3-5-9(8)11-7;2*1-2/h2-5H,6H2,1H3,(H,10,11);2*1-2H3. The molecule has 0 saturated heterocycles. The minimum atomic E-state index is 0.814. The van der Waals surface area contributed by atoms with E-state index >= 15 is 0 Å². The van der Waals surface area contributed by atoms with Crippen LogP contribution in [0, 0.1) is 0 Å². The molecule has 2 nitrogen and oxygen atoms in total. The van der Waals surface area contributed by atoms with Gasteiger partial charge in [-0.3, -0.25) is 4.99 Å². The van der Waals surface area contributed by atoms with Crippen molar-refractivity contribution in [3.63, 3.8) is 0 Å². The van der Waals surface area contributed by atoms with Gasteiger partial charge in [0.15, 0.2) is 0 Å². The molecule has 15 heavy (non-hydrogen) atoms. The van der Waals surface area contributed by atoms with Crippen molar-refractivity contribution in [2.75, 3.05) is 5.32 Å². The topological polar surface area (TPSA) is 24.4 Å². The van der Waals surface area contributed by atoms with E-state index in [1.165, 1.54) is 11.3 Å². The summed E-state index contributed by atoms with van der Waals surface area (Å²) >= 11 is 0. The van der Waals surface area contributed by atoms with Gasteiger partial charge >= 0.3 is 0 Å². The van der Waals surface area contributed by atoms with Crippen LogP contribution in [0.3, 0.4) is 0 Å². The molecule has 1 aromatic rings. The van der Waals surface area contributed by atoms with Crippen LogP contribution in [0.4, 0.5) is 5.69 Å². The average Bonchev–Trinajstić information content (AvgIpc) is 2.34. The lowest BCUT2D eigenvalue weighted by Crippen LogP contribution is -2.13. The molecule has 0 aromatic heterocycles. The third-order valence-electron chi connectivity index (χ3n) is 1.82. The Kier molecular flexibility index (Phi) is 7.33. The predicted octanol–water partition coefficient (Wildman–Crippen LogP) is 4.08. The maximum Gasteiger partial charge on any atom is 0.0979 e. The minimum absolute atomic E-state index is 0.814. The first-order chi connectivity index (χ1) is 7.36. The first-order valence-corrected chi connectivity index (χ1v) is 5.72. The molecule has 1 heterocycles. The molecule has 0 fully saturated rings. The number of anilines is 1. The molecule has 0 amide bonds. The van der Waals surface area contributed by atoms with Gasteiger partial charge in [0.05, 0.1) is 12.4 Å². The highest BCUT2D eigenvalue weighted by atomic mass is 15.0. The number of nitrogens with one attached hydrogen (secondary N) is 1. The highest BCUT2D eigenvalue weighted by Gasteiger charge is 2.05. The van der Waals surface area contributed by atoms with E-state index in [0.717, 1.165) is 12.4 Å². The summed E-state index contributed by atoms with van der Waals surface area (Å²) in [6, 6.07) is 8.24. The smallest absolute Gasteiger partial charge is 0.0979 e. The Bertz CT molecular complexity index is 303. The molecule has 1 N–H and O–H groups in total. The van der Waals surface area contributed by atoms with E-state index < -0.39 is 0 Å².